The van der Waals surface area contributed by atoms with Crippen molar-refractivity contribution in [2.45, 2.75) is 6.42 Å². The van der Waals surface area contributed by atoms with E-state index in [9.17, 15) is 0 Å². The van der Waals surface area contributed by atoms with Gasteiger partial charge in [0.1, 0.15) is 11.5 Å². The monoisotopic (exact) mass is 250 g/mol. The van der Waals surface area contributed by atoms with Gasteiger partial charge in [-0.3, -0.25) is 0 Å². The van der Waals surface area contributed by atoms with Crippen molar-refractivity contribution in [1.82, 2.24) is 0 Å². The van der Waals surface area contributed by atoms with Crippen molar-refractivity contribution in [2.24, 2.45) is 0 Å². The van der Waals surface area contributed by atoms with Crippen LogP contribution in [0.4, 0.5) is 0 Å². The van der Waals surface area contributed by atoms with Crippen LogP contribution in [0.1, 0.15) is 11.1 Å². The number of para-hydroxylation sites is 2. The summed E-state index contributed by atoms with van der Waals surface area (Å²) in [5.41, 5.74) is 1.72. The molecule has 2 aromatic carbocycles. The maximum absolute atomic E-state index is 8.61. The average Bonchev–Trinajstić information content (AvgIpc) is 2.44. The fourth-order valence-electron chi connectivity index (χ4n) is 1.80. The lowest BCUT2D eigenvalue weighted by molar-refractivity contribution is 0.495. The molecule has 0 radical (unpaired) electrons. The molecule has 0 aromatic heterocycles. The summed E-state index contributed by atoms with van der Waals surface area (Å²) in [6.45, 7) is 0. The SMILES string of the molecule is N#COc1ccccc1Cc1ccccc1OC#N. The number of rotatable bonds is 4. The van der Waals surface area contributed by atoms with E-state index in [-0.39, 0.29) is 0 Å². The third-order valence-electron chi connectivity index (χ3n) is 2.64. The summed E-state index contributed by atoms with van der Waals surface area (Å²) in [6.07, 6.45) is 3.86. The van der Waals surface area contributed by atoms with Crippen LogP contribution in [0, 0.1) is 23.0 Å². The average molecular weight is 250 g/mol. The minimum absolute atomic E-state index is 0.511. The Morgan fingerprint density at radius 1 is 0.737 bits per heavy atom. The van der Waals surface area contributed by atoms with Crippen LogP contribution in [0.5, 0.6) is 11.5 Å². The van der Waals surface area contributed by atoms with Gasteiger partial charge in [-0.25, -0.2) is 0 Å². The van der Waals surface area contributed by atoms with Crippen molar-refractivity contribution in [3.8, 4) is 24.0 Å². The molecule has 2 aromatic rings. The van der Waals surface area contributed by atoms with Gasteiger partial charge in [0.2, 0.25) is 0 Å². The first kappa shape index (κ1) is 12.5. The van der Waals surface area contributed by atoms with Gasteiger partial charge in [0.05, 0.1) is 0 Å². The molecule has 2 rings (SSSR count). The van der Waals surface area contributed by atoms with E-state index in [2.05, 4.69) is 0 Å². The van der Waals surface area contributed by atoms with E-state index in [1.54, 1.807) is 36.8 Å². The minimum atomic E-state index is 0.511. The second kappa shape index (κ2) is 6.09. The zero-order chi connectivity index (χ0) is 13.5. The van der Waals surface area contributed by atoms with E-state index < -0.39 is 0 Å². The molecule has 0 atom stereocenters. The first-order valence-electron chi connectivity index (χ1n) is 5.63. The summed E-state index contributed by atoms with van der Waals surface area (Å²) in [7, 11) is 0. The van der Waals surface area contributed by atoms with E-state index in [1.807, 2.05) is 24.3 Å². The lowest BCUT2D eigenvalue weighted by Gasteiger charge is -2.08. The highest BCUT2D eigenvalue weighted by molar-refractivity contribution is 5.43. The van der Waals surface area contributed by atoms with Gasteiger partial charge in [-0.15, -0.1) is 10.5 Å². The van der Waals surface area contributed by atoms with Crippen molar-refractivity contribution in [1.29, 1.82) is 10.5 Å². The number of hydrogen-bond donors (Lipinski definition) is 0. The molecular weight excluding hydrogens is 240 g/mol. The van der Waals surface area contributed by atoms with E-state index in [4.69, 9.17) is 20.0 Å². The van der Waals surface area contributed by atoms with E-state index in [0.717, 1.165) is 11.1 Å². The molecule has 0 heterocycles. The van der Waals surface area contributed by atoms with Crippen LogP contribution in [0.15, 0.2) is 48.5 Å². The molecule has 0 saturated carbocycles. The highest BCUT2D eigenvalue weighted by Gasteiger charge is 2.08. The smallest absolute Gasteiger partial charge is 0.292 e. The van der Waals surface area contributed by atoms with E-state index >= 15 is 0 Å². The van der Waals surface area contributed by atoms with Gasteiger partial charge in [0.25, 0.3) is 12.5 Å². The molecule has 4 nitrogen and oxygen atoms in total. The number of ether oxygens (including phenoxy) is 2. The Kier molecular flexibility index (Phi) is 4.00. The van der Waals surface area contributed by atoms with Crippen molar-refractivity contribution >= 4 is 0 Å². The second-order valence-corrected chi connectivity index (χ2v) is 3.78. The topological polar surface area (TPSA) is 66.0 Å². The van der Waals surface area contributed by atoms with Crippen molar-refractivity contribution in [2.75, 3.05) is 0 Å². The lowest BCUT2D eigenvalue weighted by Crippen LogP contribution is -1.96. The van der Waals surface area contributed by atoms with Crippen LogP contribution in [-0.2, 0) is 6.42 Å². The van der Waals surface area contributed by atoms with Crippen molar-refractivity contribution in [3.63, 3.8) is 0 Å². The third kappa shape index (κ3) is 3.02. The molecule has 0 aliphatic heterocycles. The Balaban J connectivity index is 2.32. The predicted molar refractivity (Wildman–Crippen MR) is 68.2 cm³/mol. The highest BCUT2D eigenvalue weighted by atomic mass is 16.5. The molecule has 0 amide bonds. The van der Waals surface area contributed by atoms with Gasteiger partial charge in [0, 0.05) is 17.5 Å². The molecule has 0 N–H and O–H groups in total. The molecule has 0 aliphatic rings. The van der Waals surface area contributed by atoms with E-state index in [0.29, 0.717) is 17.9 Å². The number of nitrogens with zero attached hydrogens (tertiary/aromatic N) is 2. The van der Waals surface area contributed by atoms with E-state index in [1.165, 1.54) is 0 Å². The Bertz CT molecular complexity index is 596. The van der Waals surface area contributed by atoms with Crippen molar-refractivity contribution < 1.29 is 9.47 Å². The fraction of sp³-hybridized carbons (Fsp3) is 0.0667. The molecule has 0 spiro atoms. The highest BCUT2D eigenvalue weighted by Crippen LogP contribution is 2.26. The molecule has 0 unspecified atom stereocenters. The Labute approximate surface area is 111 Å². The van der Waals surface area contributed by atoms with Crippen LogP contribution >= 0.6 is 0 Å². The second-order valence-electron chi connectivity index (χ2n) is 3.78. The van der Waals surface area contributed by atoms with Gasteiger partial charge in [-0.1, -0.05) is 36.4 Å². The van der Waals surface area contributed by atoms with Gasteiger partial charge < -0.3 is 9.47 Å². The summed E-state index contributed by atoms with van der Waals surface area (Å²) in [5.74, 6) is 1.02. The quantitative estimate of drug-likeness (QED) is 0.782. The molecule has 92 valence electrons. The Morgan fingerprint density at radius 2 is 1.16 bits per heavy atom. The maximum Gasteiger partial charge on any atom is 0.292 e. The van der Waals surface area contributed by atoms with Crippen LogP contribution in [0.2, 0.25) is 0 Å². The predicted octanol–water partition coefficient (Wildman–Crippen LogP) is 3.00. The summed E-state index contributed by atoms with van der Waals surface area (Å²) in [5, 5.41) is 17.2. The van der Waals surface area contributed by atoms with Crippen molar-refractivity contribution in [3.05, 3.63) is 59.7 Å². The minimum Gasteiger partial charge on any atom is -0.388 e. The van der Waals surface area contributed by atoms with Gasteiger partial charge in [-0.05, 0) is 12.1 Å². The lowest BCUT2D eigenvalue weighted by atomic mass is 10.0. The van der Waals surface area contributed by atoms with Crippen LogP contribution in [-0.4, -0.2) is 0 Å². The van der Waals surface area contributed by atoms with Gasteiger partial charge >= 0.3 is 0 Å². The molecule has 0 bridgehead atoms. The molecular formula is C15H10N2O2. The third-order valence-corrected chi connectivity index (χ3v) is 2.64. The van der Waals surface area contributed by atoms with Crippen LogP contribution in [0.3, 0.4) is 0 Å². The van der Waals surface area contributed by atoms with Crippen LogP contribution < -0.4 is 9.47 Å². The number of nitriles is 2. The van der Waals surface area contributed by atoms with Crippen LogP contribution in [0.25, 0.3) is 0 Å². The standard InChI is InChI=1S/C15H10N2O2/c16-10-18-14-7-3-1-5-12(14)9-13-6-2-4-8-15(13)19-11-17/h1-8H,9H2. The molecule has 0 aliphatic carbocycles. The molecule has 0 fully saturated rings. The number of benzene rings is 2. The zero-order valence-electron chi connectivity index (χ0n) is 10.0. The fourth-order valence-corrected chi connectivity index (χ4v) is 1.80. The normalized spacial score (nSPS) is 9.16. The Morgan fingerprint density at radius 3 is 1.58 bits per heavy atom. The summed E-state index contributed by atoms with van der Waals surface area (Å²) in [4.78, 5) is 0. The molecule has 0 saturated heterocycles. The number of hydrogen-bond acceptors (Lipinski definition) is 4. The maximum atomic E-state index is 8.61. The summed E-state index contributed by atoms with van der Waals surface area (Å²) in [6, 6.07) is 14.5. The zero-order valence-corrected chi connectivity index (χ0v) is 10.0. The first-order chi connectivity index (χ1) is 9.35. The molecule has 4 heteroatoms. The summed E-state index contributed by atoms with van der Waals surface area (Å²) < 4.78 is 9.82. The first-order valence-corrected chi connectivity index (χ1v) is 5.63. The largest absolute Gasteiger partial charge is 0.388 e. The molecule has 19 heavy (non-hydrogen) atoms. The van der Waals surface area contributed by atoms with Gasteiger partial charge in [-0.2, -0.15) is 0 Å². The van der Waals surface area contributed by atoms with Gasteiger partial charge in [0.15, 0.2) is 0 Å². The Hall–Kier alpha value is -2.98. The summed E-state index contributed by atoms with van der Waals surface area (Å²) >= 11 is 0.